The highest BCUT2D eigenvalue weighted by Crippen LogP contribution is 2.51. The molecule has 0 saturated carbocycles. The fourth-order valence-corrected chi connectivity index (χ4v) is 7.12. The van der Waals surface area contributed by atoms with Gasteiger partial charge in [0, 0.05) is 39.1 Å². The van der Waals surface area contributed by atoms with Crippen molar-refractivity contribution in [2.24, 2.45) is 0 Å². The predicted molar refractivity (Wildman–Crippen MR) is 176 cm³/mol. The van der Waals surface area contributed by atoms with Crippen LogP contribution in [0.25, 0.3) is 72.4 Å². The highest BCUT2D eigenvalue weighted by molar-refractivity contribution is 6.11. The summed E-state index contributed by atoms with van der Waals surface area (Å²) in [6, 6.07) is 45.2. The minimum atomic E-state index is -0.0686. The molecule has 0 atom stereocenters. The summed E-state index contributed by atoms with van der Waals surface area (Å²) in [6.07, 6.45) is 2.09. The lowest BCUT2D eigenvalue weighted by molar-refractivity contribution is 0.648. The van der Waals surface area contributed by atoms with Crippen LogP contribution in [-0.4, -0.2) is 9.38 Å². The molecule has 0 bridgehead atoms. The molecule has 0 unspecified atom stereocenters. The van der Waals surface area contributed by atoms with Crippen molar-refractivity contribution in [1.29, 1.82) is 0 Å². The summed E-state index contributed by atoms with van der Waals surface area (Å²) in [5.41, 5.74) is 14.5. The third kappa shape index (κ3) is 3.45. The number of imidazole rings is 1. The van der Waals surface area contributed by atoms with Gasteiger partial charge < -0.3 is 4.42 Å². The Balaban J connectivity index is 1.23. The summed E-state index contributed by atoms with van der Waals surface area (Å²) in [5.74, 6) is 0. The molecule has 0 radical (unpaired) electrons. The van der Waals surface area contributed by atoms with Gasteiger partial charge >= 0.3 is 0 Å². The second-order valence-corrected chi connectivity index (χ2v) is 12.0. The summed E-state index contributed by atoms with van der Waals surface area (Å²) in [6.45, 7) is 4.62. The van der Waals surface area contributed by atoms with Crippen LogP contribution < -0.4 is 0 Å². The summed E-state index contributed by atoms with van der Waals surface area (Å²) in [5, 5.41) is 2.30. The Hall–Kier alpha value is -5.41. The number of aromatic nitrogens is 2. The van der Waals surface area contributed by atoms with Crippen LogP contribution in [0.2, 0.25) is 0 Å². The van der Waals surface area contributed by atoms with Crippen molar-refractivity contribution >= 4 is 27.6 Å². The zero-order valence-electron chi connectivity index (χ0n) is 24.0. The molecule has 3 heterocycles. The lowest BCUT2D eigenvalue weighted by Gasteiger charge is -2.21. The molecule has 3 heteroatoms. The van der Waals surface area contributed by atoms with Gasteiger partial charge in [-0.05, 0) is 58.1 Å². The fourth-order valence-electron chi connectivity index (χ4n) is 7.12. The lowest BCUT2D eigenvalue weighted by atomic mass is 9.82. The number of benzene rings is 5. The molecular weight excluding hydrogens is 524 g/mol. The van der Waals surface area contributed by atoms with Gasteiger partial charge in [0.2, 0.25) is 0 Å². The zero-order chi connectivity index (χ0) is 28.7. The molecule has 5 aromatic carbocycles. The smallest absolute Gasteiger partial charge is 0.143 e. The average Bonchev–Trinajstić information content (AvgIpc) is 3.69. The first kappa shape index (κ1) is 24.2. The Morgan fingerprint density at radius 1 is 0.581 bits per heavy atom. The molecule has 3 aromatic heterocycles. The molecule has 0 saturated heterocycles. The van der Waals surface area contributed by atoms with Crippen LogP contribution in [0.4, 0.5) is 0 Å². The first-order chi connectivity index (χ1) is 21.1. The number of furan rings is 1. The molecular formula is C40H28N2O. The quantitative estimate of drug-likeness (QED) is 0.218. The van der Waals surface area contributed by atoms with Gasteiger partial charge in [0.1, 0.15) is 16.8 Å². The van der Waals surface area contributed by atoms with Gasteiger partial charge in [0.25, 0.3) is 0 Å². The maximum atomic E-state index is 6.72. The van der Waals surface area contributed by atoms with Gasteiger partial charge in [-0.25, -0.2) is 4.98 Å². The van der Waals surface area contributed by atoms with E-state index in [9.17, 15) is 0 Å². The van der Waals surface area contributed by atoms with E-state index in [0.717, 1.165) is 61.2 Å². The van der Waals surface area contributed by atoms with Gasteiger partial charge in [-0.1, -0.05) is 111 Å². The molecule has 8 aromatic rings. The van der Waals surface area contributed by atoms with E-state index in [4.69, 9.17) is 9.40 Å². The van der Waals surface area contributed by atoms with Crippen molar-refractivity contribution in [2.75, 3.05) is 0 Å². The van der Waals surface area contributed by atoms with E-state index >= 15 is 0 Å². The molecule has 43 heavy (non-hydrogen) atoms. The lowest BCUT2D eigenvalue weighted by Crippen LogP contribution is -2.14. The summed E-state index contributed by atoms with van der Waals surface area (Å²) in [7, 11) is 0. The van der Waals surface area contributed by atoms with E-state index < -0.39 is 0 Å². The number of para-hydroxylation sites is 1. The van der Waals surface area contributed by atoms with Gasteiger partial charge in [-0.2, -0.15) is 0 Å². The molecule has 0 fully saturated rings. The molecule has 204 valence electrons. The summed E-state index contributed by atoms with van der Waals surface area (Å²) in [4.78, 5) is 5.10. The molecule has 0 spiro atoms. The Labute approximate surface area is 249 Å². The number of nitrogens with zero attached hydrogens (tertiary/aromatic N) is 2. The third-order valence-corrected chi connectivity index (χ3v) is 9.23. The monoisotopic (exact) mass is 552 g/mol. The minimum Gasteiger partial charge on any atom is -0.455 e. The van der Waals surface area contributed by atoms with Gasteiger partial charge in [-0.3, -0.25) is 4.40 Å². The average molecular weight is 553 g/mol. The summed E-state index contributed by atoms with van der Waals surface area (Å²) < 4.78 is 8.90. The maximum Gasteiger partial charge on any atom is 0.143 e. The van der Waals surface area contributed by atoms with E-state index in [-0.39, 0.29) is 5.41 Å². The first-order valence-electron chi connectivity index (χ1n) is 14.8. The predicted octanol–water partition coefficient (Wildman–Crippen LogP) is 10.5. The molecule has 9 rings (SSSR count). The number of hydrogen-bond donors (Lipinski definition) is 0. The molecule has 0 amide bonds. The molecule has 1 aliphatic rings. The highest BCUT2D eigenvalue weighted by Gasteiger charge is 2.36. The molecule has 1 aliphatic carbocycles. The maximum absolute atomic E-state index is 6.72. The zero-order valence-corrected chi connectivity index (χ0v) is 24.0. The topological polar surface area (TPSA) is 30.4 Å². The Morgan fingerprint density at radius 2 is 1.33 bits per heavy atom. The van der Waals surface area contributed by atoms with E-state index in [1.54, 1.807) is 0 Å². The second-order valence-electron chi connectivity index (χ2n) is 12.0. The van der Waals surface area contributed by atoms with Gasteiger partial charge in [0.05, 0.1) is 11.4 Å². The normalized spacial score (nSPS) is 13.5. The molecule has 3 nitrogen and oxygen atoms in total. The standard InChI is InChI=1S/C40H28N2O/c1-40(2)33-19-7-6-16-29(33)31-23-32-30-18-11-17-28(39(30)43-35(32)24-34(31)40)26-14-10-15-27(22-26)37-38(25-12-4-3-5-13-25)42-21-9-8-20-36(42)41-37/h3-24H,1-2H3. The third-order valence-electron chi connectivity index (χ3n) is 9.23. The van der Waals surface area contributed by atoms with Crippen LogP contribution >= 0.6 is 0 Å². The van der Waals surface area contributed by atoms with Crippen LogP contribution in [0.3, 0.4) is 0 Å². The first-order valence-corrected chi connectivity index (χ1v) is 14.8. The fraction of sp³-hybridized carbons (Fsp3) is 0.0750. The van der Waals surface area contributed by atoms with E-state index in [0.29, 0.717) is 0 Å². The van der Waals surface area contributed by atoms with Crippen LogP contribution in [-0.2, 0) is 5.41 Å². The largest absolute Gasteiger partial charge is 0.455 e. The SMILES string of the molecule is CC1(C)c2ccccc2-c2cc3c(cc21)oc1c(-c2cccc(-c4nc5ccccn5c4-c4ccccc4)c2)cccc13. The number of hydrogen-bond acceptors (Lipinski definition) is 2. The van der Waals surface area contributed by atoms with Gasteiger partial charge in [-0.15, -0.1) is 0 Å². The van der Waals surface area contributed by atoms with Gasteiger partial charge in [0.15, 0.2) is 0 Å². The number of rotatable bonds is 3. The number of fused-ring (bicyclic) bond motifs is 7. The molecule has 0 aliphatic heterocycles. The number of pyridine rings is 1. The van der Waals surface area contributed by atoms with E-state index in [1.165, 1.54) is 22.3 Å². The van der Waals surface area contributed by atoms with Crippen molar-refractivity contribution in [2.45, 2.75) is 19.3 Å². The van der Waals surface area contributed by atoms with Crippen molar-refractivity contribution in [1.82, 2.24) is 9.38 Å². The Kier molecular flexibility index (Phi) is 4.95. The van der Waals surface area contributed by atoms with Crippen molar-refractivity contribution in [3.05, 3.63) is 145 Å². The highest BCUT2D eigenvalue weighted by atomic mass is 16.3. The van der Waals surface area contributed by atoms with Crippen LogP contribution in [0.1, 0.15) is 25.0 Å². The van der Waals surface area contributed by atoms with E-state index in [2.05, 4.69) is 146 Å². The Morgan fingerprint density at radius 3 is 2.23 bits per heavy atom. The van der Waals surface area contributed by atoms with Crippen LogP contribution in [0.15, 0.2) is 138 Å². The second kappa shape index (κ2) is 8.80. The van der Waals surface area contributed by atoms with Crippen LogP contribution in [0, 0.1) is 0 Å². The van der Waals surface area contributed by atoms with E-state index in [1.807, 2.05) is 6.07 Å². The van der Waals surface area contributed by atoms with Crippen LogP contribution in [0.5, 0.6) is 0 Å². The minimum absolute atomic E-state index is 0.0686. The van der Waals surface area contributed by atoms with Crippen molar-refractivity contribution in [3.63, 3.8) is 0 Å². The summed E-state index contributed by atoms with van der Waals surface area (Å²) >= 11 is 0. The van der Waals surface area contributed by atoms with Crippen molar-refractivity contribution in [3.8, 4) is 44.8 Å². The Bertz CT molecular complexity index is 2370. The molecule has 0 N–H and O–H groups in total. The van der Waals surface area contributed by atoms with Crippen molar-refractivity contribution < 1.29 is 4.42 Å².